The van der Waals surface area contributed by atoms with Crippen molar-refractivity contribution >= 4 is 5.97 Å². The minimum Gasteiger partial charge on any atom is -0.459 e. The average molecular weight is 616 g/mol. The van der Waals surface area contributed by atoms with Gasteiger partial charge in [-0.25, -0.2) is 4.79 Å². The van der Waals surface area contributed by atoms with E-state index in [-0.39, 0.29) is 12.1 Å². The molecule has 2 aromatic rings. The SMILES string of the molecule is CCC(C)CC1CCC(OC(=O)c2ccc(-c3cc[c-]cc3)cc2)CC1.[Rf]. The Kier molecular flexibility index (Phi) is 7.16. The summed E-state index contributed by atoms with van der Waals surface area (Å²) in [6.45, 7) is 4.60. The third-order valence-electron chi connectivity index (χ3n) is 5.67. The van der Waals surface area contributed by atoms with Crippen LogP contribution >= 0.6 is 0 Å². The maximum atomic E-state index is 12.4. The Balaban J connectivity index is 0.00000261. The van der Waals surface area contributed by atoms with Crippen molar-refractivity contribution in [3.05, 3.63) is 60.2 Å². The van der Waals surface area contributed by atoms with Gasteiger partial charge >= 0.3 is 5.97 Å². The van der Waals surface area contributed by atoms with Gasteiger partial charge in [0.25, 0.3) is 0 Å². The fourth-order valence-corrected chi connectivity index (χ4v) is 3.82. The molecule has 0 aliphatic heterocycles. The van der Waals surface area contributed by atoms with E-state index >= 15 is 0 Å². The first-order valence-corrected chi connectivity index (χ1v) is 9.93. The summed E-state index contributed by atoms with van der Waals surface area (Å²) >= 11 is 0. The molecule has 0 aromatic heterocycles. The number of ether oxygens (including phenoxy) is 1. The molecule has 0 bridgehead atoms. The van der Waals surface area contributed by atoms with Crippen LogP contribution in [0.1, 0.15) is 62.7 Å². The molecule has 1 aliphatic carbocycles. The van der Waals surface area contributed by atoms with Crippen molar-refractivity contribution in [3.8, 4) is 11.1 Å². The van der Waals surface area contributed by atoms with E-state index < -0.39 is 0 Å². The van der Waals surface area contributed by atoms with Crippen LogP contribution in [0.3, 0.4) is 0 Å². The van der Waals surface area contributed by atoms with Gasteiger partial charge in [-0.2, -0.15) is 30.3 Å². The Morgan fingerprint density at radius 2 is 1.63 bits per heavy atom. The normalized spacial score (nSPS) is 20.4. The zero-order valence-electron chi connectivity index (χ0n) is 16.6. The van der Waals surface area contributed by atoms with E-state index in [0.717, 1.165) is 35.8 Å². The van der Waals surface area contributed by atoms with Crippen LogP contribution in [0, 0.1) is 17.9 Å². The smallest absolute Gasteiger partial charge is 0.338 e. The molecular weight excluding hydrogens is 587 g/mol. The van der Waals surface area contributed by atoms with Gasteiger partial charge in [-0.15, -0.1) is 5.56 Å². The first-order valence-electron chi connectivity index (χ1n) is 9.93. The molecule has 0 radical (unpaired) electrons. The summed E-state index contributed by atoms with van der Waals surface area (Å²) in [5.74, 6) is 1.42. The molecule has 1 saturated carbocycles. The quantitative estimate of drug-likeness (QED) is 0.281. The minimum atomic E-state index is -0.191. The Morgan fingerprint density at radius 3 is 2.22 bits per heavy atom. The molecule has 140 valence electrons. The van der Waals surface area contributed by atoms with Gasteiger partial charge in [0, 0.05) is 0 Å². The topological polar surface area (TPSA) is 26.3 Å². The minimum absolute atomic E-state index is 0. The van der Waals surface area contributed by atoms with Crippen molar-refractivity contribution < 1.29 is 9.53 Å². The molecule has 3 heteroatoms. The van der Waals surface area contributed by atoms with Crippen LogP contribution in [0.25, 0.3) is 11.1 Å². The summed E-state index contributed by atoms with van der Waals surface area (Å²) in [6, 6.07) is 18.5. The Labute approximate surface area is 157 Å². The largest absolute Gasteiger partial charge is 0.459 e. The number of benzene rings is 2. The molecule has 2 nitrogen and oxygen atoms in total. The summed E-state index contributed by atoms with van der Waals surface area (Å²) in [4.78, 5) is 12.4. The van der Waals surface area contributed by atoms with Gasteiger partial charge in [0.05, 0.1) is 5.56 Å². The molecule has 0 spiro atoms. The van der Waals surface area contributed by atoms with Gasteiger partial charge in [-0.3, -0.25) is 0 Å². The van der Waals surface area contributed by atoms with Crippen LogP contribution in [0.2, 0.25) is 0 Å². The van der Waals surface area contributed by atoms with Gasteiger partial charge in [0.15, 0.2) is 0 Å². The number of carbonyl (C=O) groups excluding carboxylic acids is 1. The number of esters is 1. The van der Waals surface area contributed by atoms with Crippen LogP contribution in [0.4, 0.5) is 0 Å². The number of hydrogen-bond donors (Lipinski definition) is 0. The van der Waals surface area contributed by atoms with Gasteiger partial charge in [-0.1, -0.05) is 32.4 Å². The monoisotopic (exact) mass is 616 g/mol. The van der Waals surface area contributed by atoms with Crippen molar-refractivity contribution in [2.24, 2.45) is 11.8 Å². The Hall–Kier alpha value is -3.09. The van der Waals surface area contributed by atoms with Gasteiger partial charge < -0.3 is 4.74 Å². The molecular formula is C24H29O2Rf-. The van der Waals surface area contributed by atoms with Gasteiger partial charge in [-0.05, 0) is 61.6 Å². The maximum Gasteiger partial charge on any atom is 0.338 e. The molecule has 3 rings (SSSR count). The van der Waals surface area contributed by atoms with Crippen LogP contribution < -0.4 is 0 Å². The summed E-state index contributed by atoms with van der Waals surface area (Å²) in [5, 5.41) is 0. The standard InChI is InChI=1S/C24H29O2.Rf/c1-3-18(2)17-19-9-15-23(16-10-19)26-24(25)22-13-11-21(12-14-22)20-7-5-4-6-8-20;/h5-8,11-14,18-19,23H,3,9-10,15-17H2,1-2H3;/q-1;. The number of carbonyl (C=O) groups is 1. The second-order valence-corrected chi connectivity index (χ2v) is 7.66. The van der Waals surface area contributed by atoms with Crippen molar-refractivity contribution in [3.63, 3.8) is 0 Å². The first kappa shape index (κ1) is 20.2. The van der Waals surface area contributed by atoms with Gasteiger partial charge in [0.2, 0.25) is 0 Å². The average Bonchev–Trinajstić information content (AvgIpc) is 2.70. The third-order valence-corrected chi connectivity index (χ3v) is 5.67. The van der Waals surface area contributed by atoms with Crippen LogP contribution in [0.15, 0.2) is 48.5 Å². The maximum absolute atomic E-state index is 12.4. The van der Waals surface area contributed by atoms with E-state index in [2.05, 4.69) is 19.9 Å². The molecule has 1 fully saturated rings. The van der Waals surface area contributed by atoms with E-state index in [9.17, 15) is 4.79 Å². The fraction of sp³-hybridized carbons (Fsp3) is 0.458. The summed E-state index contributed by atoms with van der Waals surface area (Å²) in [6.07, 6.45) is 7.04. The molecule has 1 unspecified atom stereocenters. The Bertz CT molecular complexity index is 688. The zero-order chi connectivity index (χ0) is 18.4. The molecule has 27 heavy (non-hydrogen) atoms. The molecule has 0 heterocycles. The van der Waals surface area contributed by atoms with Crippen molar-refractivity contribution in [1.29, 1.82) is 0 Å². The molecule has 0 saturated heterocycles. The van der Waals surface area contributed by atoms with Crippen LogP contribution in [-0.4, -0.2) is 12.1 Å². The molecule has 1 atom stereocenters. The molecule has 0 amide bonds. The van der Waals surface area contributed by atoms with E-state index in [1.54, 1.807) is 0 Å². The first-order chi connectivity index (χ1) is 12.7. The van der Waals surface area contributed by atoms with Gasteiger partial charge in [0.1, 0.15) is 6.10 Å². The Morgan fingerprint density at radius 1 is 1.04 bits per heavy atom. The van der Waals surface area contributed by atoms with Crippen molar-refractivity contribution in [2.45, 2.75) is 58.5 Å². The molecule has 0 N–H and O–H groups in total. The second kappa shape index (κ2) is 9.56. The second-order valence-electron chi connectivity index (χ2n) is 7.66. The predicted octanol–water partition coefficient (Wildman–Crippen LogP) is 6.31. The summed E-state index contributed by atoms with van der Waals surface area (Å²) < 4.78 is 5.76. The van der Waals surface area contributed by atoms with Crippen LogP contribution in [-0.2, 0) is 4.74 Å². The van der Waals surface area contributed by atoms with Crippen molar-refractivity contribution in [1.82, 2.24) is 0 Å². The van der Waals surface area contributed by atoms with E-state index in [0.29, 0.717) is 5.56 Å². The summed E-state index contributed by atoms with van der Waals surface area (Å²) in [7, 11) is 0. The summed E-state index contributed by atoms with van der Waals surface area (Å²) in [5.41, 5.74) is 2.86. The predicted molar refractivity (Wildman–Crippen MR) is 106 cm³/mol. The molecule has 2 aromatic carbocycles. The molecule has 1 aliphatic rings. The fourth-order valence-electron chi connectivity index (χ4n) is 3.82. The van der Waals surface area contributed by atoms with Crippen molar-refractivity contribution in [2.75, 3.05) is 0 Å². The third kappa shape index (κ3) is 5.44. The van der Waals surface area contributed by atoms with E-state index in [1.807, 2.05) is 48.5 Å². The zero-order valence-corrected chi connectivity index (χ0v) is 23.0. The van der Waals surface area contributed by atoms with E-state index in [1.165, 1.54) is 25.7 Å². The number of hydrogen-bond acceptors (Lipinski definition) is 2. The van der Waals surface area contributed by atoms with E-state index in [4.69, 9.17) is 4.74 Å². The van der Waals surface area contributed by atoms with Crippen LogP contribution in [0.5, 0.6) is 0 Å². The number of rotatable bonds is 6.